The second-order valence-electron chi connectivity index (χ2n) is 3.98. The molecule has 0 unspecified atom stereocenters. The van der Waals surface area contributed by atoms with E-state index in [-0.39, 0.29) is 12.4 Å². The molecule has 1 aromatic carbocycles. The lowest BCUT2D eigenvalue weighted by Crippen LogP contribution is -2.31. The molecule has 0 aromatic heterocycles. The summed E-state index contributed by atoms with van der Waals surface area (Å²) in [6, 6.07) is 6.87. The first-order chi connectivity index (χ1) is 8.65. The van der Waals surface area contributed by atoms with Gasteiger partial charge in [-0.2, -0.15) is 0 Å². The quantitative estimate of drug-likeness (QED) is 0.591. The number of anilines is 1. The highest BCUT2D eigenvalue weighted by Crippen LogP contribution is 2.28. The van der Waals surface area contributed by atoms with Crippen molar-refractivity contribution >= 4 is 23.3 Å². The molecule has 0 spiro atoms. The van der Waals surface area contributed by atoms with Crippen molar-refractivity contribution in [2.24, 2.45) is 0 Å². The van der Waals surface area contributed by atoms with Crippen LogP contribution in [0.25, 0.3) is 0 Å². The minimum Gasteiger partial charge on any atom is -0.469 e. The molecule has 0 atom stereocenters. The molecule has 5 heteroatoms. The van der Waals surface area contributed by atoms with Gasteiger partial charge in [-0.1, -0.05) is 12.1 Å². The lowest BCUT2D eigenvalue weighted by Gasteiger charge is -2.15. The van der Waals surface area contributed by atoms with E-state index >= 15 is 0 Å². The van der Waals surface area contributed by atoms with E-state index in [0.717, 1.165) is 0 Å². The molecule has 0 fully saturated rings. The third-order valence-corrected chi connectivity index (χ3v) is 2.87. The molecule has 1 heterocycles. The SMILES string of the molecule is COC(=O)CCCN1C(=O)C(=O)c2ccccc21. The van der Waals surface area contributed by atoms with Gasteiger partial charge in [0.15, 0.2) is 0 Å². The Morgan fingerprint density at radius 1 is 1.28 bits per heavy atom. The van der Waals surface area contributed by atoms with Crippen LogP contribution in [0.2, 0.25) is 0 Å². The van der Waals surface area contributed by atoms with Gasteiger partial charge in [0.05, 0.1) is 18.4 Å². The molecule has 2 rings (SSSR count). The number of carbonyl (C=O) groups is 3. The van der Waals surface area contributed by atoms with E-state index < -0.39 is 11.7 Å². The average Bonchev–Trinajstić information content (AvgIpc) is 2.64. The van der Waals surface area contributed by atoms with E-state index in [0.29, 0.717) is 24.2 Å². The number of amides is 1. The first-order valence-electron chi connectivity index (χ1n) is 5.67. The zero-order valence-corrected chi connectivity index (χ0v) is 10.0. The van der Waals surface area contributed by atoms with Crippen LogP contribution in [-0.4, -0.2) is 31.3 Å². The Bertz CT molecular complexity index is 509. The van der Waals surface area contributed by atoms with Crippen LogP contribution < -0.4 is 4.90 Å². The van der Waals surface area contributed by atoms with Crippen LogP contribution >= 0.6 is 0 Å². The van der Waals surface area contributed by atoms with Gasteiger partial charge in [-0.05, 0) is 18.6 Å². The number of ether oxygens (including phenoxy) is 1. The Morgan fingerprint density at radius 2 is 2.00 bits per heavy atom. The standard InChI is InChI=1S/C13H13NO4/c1-18-11(15)7-4-8-14-10-6-3-2-5-9(10)12(16)13(14)17/h2-3,5-6H,4,7-8H2,1H3. The lowest BCUT2D eigenvalue weighted by atomic mass is 10.1. The molecule has 0 N–H and O–H groups in total. The monoisotopic (exact) mass is 247 g/mol. The molecule has 1 aliphatic rings. The van der Waals surface area contributed by atoms with Crippen molar-refractivity contribution in [2.75, 3.05) is 18.6 Å². The maximum Gasteiger partial charge on any atom is 0.305 e. The number of para-hydroxylation sites is 1. The molecule has 0 aliphatic carbocycles. The van der Waals surface area contributed by atoms with Crippen molar-refractivity contribution in [1.29, 1.82) is 0 Å². The topological polar surface area (TPSA) is 63.7 Å². The molecule has 0 radical (unpaired) electrons. The second kappa shape index (κ2) is 5.00. The van der Waals surface area contributed by atoms with E-state index in [1.807, 2.05) is 0 Å². The van der Waals surface area contributed by atoms with E-state index in [2.05, 4.69) is 4.74 Å². The Labute approximate surface area is 104 Å². The van der Waals surface area contributed by atoms with Crippen LogP contribution in [0.3, 0.4) is 0 Å². The molecule has 94 valence electrons. The lowest BCUT2D eigenvalue weighted by molar-refractivity contribution is -0.140. The van der Waals surface area contributed by atoms with Crippen molar-refractivity contribution in [3.05, 3.63) is 29.8 Å². The molecule has 1 aliphatic heterocycles. The summed E-state index contributed by atoms with van der Waals surface area (Å²) in [5, 5.41) is 0. The van der Waals surface area contributed by atoms with Gasteiger partial charge < -0.3 is 9.64 Å². The highest BCUT2D eigenvalue weighted by Gasteiger charge is 2.34. The zero-order chi connectivity index (χ0) is 13.1. The summed E-state index contributed by atoms with van der Waals surface area (Å²) in [7, 11) is 1.32. The number of Topliss-reactive ketones (excluding diaryl/α,β-unsaturated/α-hetero) is 1. The number of carbonyl (C=O) groups excluding carboxylic acids is 3. The van der Waals surface area contributed by atoms with Crippen molar-refractivity contribution < 1.29 is 19.1 Å². The molecular formula is C13H13NO4. The Kier molecular flexibility index (Phi) is 3.41. The molecule has 18 heavy (non-hydrogen) atoms. The summed E-state index contributed by atoms with van der Waals surface area (Å²) >= 11 is 0. The predicted octanol–water partition coefficient (Wildman–Crippen LogP) is 1.17. The van der Waals surface area contributed by atoms with Gasteiger partial charge in [0, 0.05) is 13.0 Å². The number of fused-ring (bicyclic) bond motifs is 1. The van der Waals surface area contributed by atoms with Crippen LogP contribution in [0.5, 0.6) is 0 Å². The van der Waals surface area contributed by atoms with Crippen LogP contribution in [0, 0.1) is 0 Å². The van der Waals surface area contributed by atoms with Crippen LogP contribution in [0.15, 0.2) is 24.3 Å². The van der Waals surface area contributed by atoms with E-state index in [1.165, 1.54) is 12.0 Å². The van der Waals surface area contributed by atoms with Crippen molar-refractivity contribution in [2.45, 2.75) is 12.8 Å². The van der Waals surface area contributed by atoms with Gasteiger partial charge >= 0.3 is 5.97 Å². The van der Waals surface area contributed by atoms with Crippen molar-refractivity contribution in [3.63, 3.8) is 0 Å². The first kappa shape index (κ1) is 12.3. The fraction of sp³-hybridized carbons (Fsp3) is 0.308. The number of hydrogen-bond donors (Lipinski definition) is 0. The van der Waals surface area contributed by atoms with Gasteiger partial charge in [-0.3, -0.25) is 14.4 Å². The third-order valence-electron chi connectivity index (χ3n) is 2.87. The summed E-state index contributed by atoms with van der Waals surface area (Å²) in [6.07, 6.45) is 0.705. The summed E-state index contributed by atoms with van der Waals surface area (Å²) < 4.78 is 4.52. The van der Waals surface area contributed by atoms with Gasteiger partial charge in [-0.25, -0.2) is 0 Å². The molecule has 1 amide bonds. The zero-order valence-electron chi connectivity index (χ0n) is 10.0. The molecular weight excluding hydrogens is 234 g/mol. The summed E-state index contributed by atoms with van der Waals surface area (Å²) in [5.41, 5.74) is 1.05. The average molecular weight is 247 g/mol. The molecule has 1 aromatic rings. The largest absolute Gasteiger partial charge is 0.469 e. The summed E-state index contributed by atoms with van der Waals surface area (Å²) in [5.74, 6) is -1.33. The van der Waals surface area contributed by atoms with Crippen LogP contribution in [-0.2, 0) is 14.3 Å². The van der Waals surface area contributed by atoms with E-state index in [9.17, 15) is 14.4 Å². The maximum atomic E-state index is 11.8. The van der Waals surface area contributed by atoms with Gasteiger partial charge in [0.1, 0.15) is 0 Å². The second-order valence-corrected chi connectivity index (χ2v) is 3.98. The van der Waals surface area contributed by atoms with Crippen LogP contribution in [0.4, 0.5) is 5.69 Å². The fourth-order valence-electron chi connectivity index (χ4n) is 1.95. The smallest absolute Gasteiger partial charge is 0.305 e. The highest BCUT2D eigenvalue weighted by atomic mass is 16.5. The minimum absolute atomic E-state index is 0.233. The number of esters is 1. The Balaban J connectivity index is 2.08. The Morgan fingerprint density at radius 3 is 2.72 bits per heavy atom. The Hall–Kier alpha value is -2.17. The molecule has 0 saturated heterocycles. The maximum absolute atomic E-state index is 11.8. The van der Waals surface area contributed by atoms with E-state index in [1.54, 1.807) is 24.3 Å². The molecule has 5 nitrogen and oxygen atoms in total. The number of ketones is 1. The van der Waals surface area contributed by atoms with Crippen LogP contribution in [0.1, 0.15) is 23.2 Å². The molecule has 0 saturated carbocycles. The third kappa shape index (κ3) is 2.11. The summed E-state index contributed by atoms with van der Waals surface area (Å²) in [4.78, 5) is 35.8. The number of benzene rings is 1. The summed E-state index contributed by atoms with van der Waals surface area (Å²) in [6.45, 7) is 0.344. The minimum atomic E-state index is -0.527. The highest BCUT2D eigenvalue weighted by molar-refractivity contribution is 6.52. The normalized spacial score (nSPS) is 13.7. The van der Waals surface area contributed by atoms with E-state index in [4.69, 9.17) is 0 Å². The number of hydrogen-bond acceptors (Lipinski definition) is 4. The van der Waals surface area contributed by atoms with Gasteiger partial charge in [-0.15, -0.1) is 0 Å². The van der Waals surface area contributed by atoms with Crippen molar-refractivity contribution in [1.82, 2.24) is 0 Å². The number of rotatable bonds is 4. The first-order valence-corrected chi connectivity index (χ1v) is 5.67. The fourth-order valence-corrected chi connectivity index (χ4v) is 1.95. The van der Waals surface area contributed by atoms with Crippen molar-refractivity contribution in [3.8, 4) is 0 Å². The number of methoxy groups -OCH3 is 1. The van der Waals surface area contributed by atoms with Gasteiger partial charge in [0.2, 0.25) is 0 Å². The predicted molar refractivity (Wildman–Crippen MR) is 64.4 cm³/mol. The molecule has 0 bridgehead atoms. The van der Waals surface area contributed by atoms with Gasteiger partial charge in [0.25, 0.3) is 11.7 Å². The number of nitrogens with zero attached hydrogens (tertiary/aromatic N) is 1.